The van der Waals surface area contributed by atoms with E-state index in [1.165, 1.54) is 7.05 Å². The molecule has 1 aliphatic carbocycles. The summed E-state index contributed by atoms with van der Waals surface area (Å²) >= 11 is 0. The van der Waals surface area contributed by atoms with Crippen LogP contribution >= 0.6 is 0 Å². The number of nitrogens with zero attached hydrogens (tertiary/aromatic N) is 6. The Balaban J connectivity index is 1.57. The number of carbonyl (C=O) groups excluding carboxylic acids is 2. The van der Waals surface area contributed by atoms with Crippen molar-refractivity contribution in [2.24, 2.45) is 13.0 Å². The first kappa shape index (κ1) is 20.9. The van der Waals surface area contributed by atoms with Gasteiger partial charge in [-0.05, 0) is 25.8 Å². The van der Waals surface area contributed by atoms with Crippen LogP contribution in [0.1, 0.15) is 42.0 Å². The van der Waals surface area contributed by atoms with Crippen molar-refractivity contribution in [1.29, 1.82) is 0 Å². The van der Waals surface area contributed by atoms with E-state index in [0.29, 0.717) is 11.5 Å². The third kappa shape index (κ3) is 3.65. The number of nitrogens with one attached hydrogen (secondary N) is 3. The molecule has 2 aliphatic rings. The number of aryl methyl sites for hydroxylation is 1. The maximum atomic E-state index is 12.5. The van der Waals surface area contributed by atoms with E-state index in [4.69, 9.17) is 0 Å². The van der Waals surface area contributed by atoms with Gasteiger partial charge in [0.1, 0.15) is 11.4 Å². The van der Waals surface area contributed by atoms with Crippen molar-refractivity contribution in [2.45, 2.75) is 25.8 Å². The standard InChI is InChI=1S/C22H25N9O2/c1-11-17-18(29-31(4)28-17)13-6-5-7-14(20(13)30(11)3)24-15-10-16(25-21(32)12-8-9-12)26-27-19(15)22(33)23-2/h5-7,10-12H,8-9H2,1-4H3,(H,23,33)(H2,24,25,26,32)/t11-/m0/s1. The number of hydrogen-bond donors (Lipinski definition) is 3. The van der Waals surface area contributed by atoms with Crippen LogP contribution in [0.5, 0.6) is 0 Å². The first-order valence-corrected chi connectivity index (χ1v) is 10.8. The van der Waals surface area contributed by atoms with Crippen molar-refractivity contribution in [3.63, 3.8) is 0 Å². The average molecular weight is 448 g/mol. The Kier molecular flexibility index (Phi) is 4.95. The van der Waals surface area contributed by atoms with E-state index >= 15 is 0 Å². The van der Waals surface area contributed by atoms with E-state index in [-0.39, 0.29) is 29.5 Å². The van der Waals surface area contributed by atoms with Gasteiger partial charge in [0, 0.05) is 38.7 Å². The van der Waals surface area contributed by atoms with Gasteiger partial charge in [0.05, 0.1) is 23.1 Å². The molecular weight excluding hydrogens is 422 g/mol. The van der Waals surface area contributed by atoms with Crippen LogP contribution in [-0.4, -0.2) is 51.1 Å². The fraction of sp³-hybridized carbons (Fsp3) is 0.364. The van der Waals surface area contributed by atoms with Crippen molar-refractivity contribution >= 4 is 34.7 Å². The molecule has 11 nitrogen and oxygen atoms in total. The molecule has 3 N–H and O–H groups in total. The van der Waals surface area contributed by atoms with Crippen LogP contribution in [0.4, 0.5) is 22.9 Å². The number of hydrogen-bond acceptors (Lipinski definition) is 8. The molecule has 1 atom stereocenters. The third-order valence-corrected chi connectivity index (χ3v) is 6.07. The molecular formula is C22H25N9O2. The van der Waals surface area contributed by atoms with Gasteiger partial charge in [0.2, 0.25) is 5.91 Å². The van der Waals surface area contributed by atoms with Crippen molar-refractivity contribution in [2.75, 3.05) is 29.6 Å². The van der Waals surface area contributed by atoms with Crippen LogP contribution < -0.4 is 20.9 Å². The molecule has 0 unspecified atom stereocenters. The Bertz CT molecular complexity index is 1260. The summed E-state index contributed by atoms with van der Waals surface area (Å²) in [5.74, 6) is -0.138. The van der Waals surface area contributed by atoms with Crippen molar-refractivity contribution in [3.05, 3.63) is 35.7 Å². The van der Waals surface area contributed by atoms with Gasteiger partial charge in [-0.15, -0.1) is 10.2 Å². The molecule has 1 fully saturated rings. The summed E-state index contributed by atoms with van der Waals surface area (Å²) in [5, 5.41) is 26.0. The molecule has 3 heterocycles. The SMILES string of the molecule is CNC(=O)c1nnc(NC(=O)C2CC2)cc1Nc1cccc2c1N(C)[C@@H](C)c1nn(C)nc1-2. The first-order valence-electron chi connectivity index (χ1n) is 10.8. The Labute approximate surface area is 190 Å². The minimum atomic E-state index is -0.382. The first-order chi connectivity index (χ1) is 15.9. The summed E-state index contributed by atoms with van der Waals surface area (Å²) in [6, 6.07) is 7.50. The van der Waals surface area contributed by atoms with E-state index in [2.05, 4.69) is 48.2 Å². The van der Waals surface area contributed by atoms with Gasteiger partial charge in [0.15, 0.2) is 11.5 Å². The predicted octanol–water partition coefficient (Wildman–Crippen LogP) is 2.23. The Morgan fingerprint density at radius 3 is 2.61 bits per heavy atom. The lowest BCUT2D eigenvalue weighted by molar-refractivity contribution is -0.117. The second-order valence-corrected chi connectivity index (χ2v) is 8.37. The zero-order valence-corrected chi connectivity index (χ0v) is 18.9. The third-order valence-electron chi connectivity index (χ3n) is 6.07. The Morgan fingerprint density at radius 2 is 1.88 bits per heavy atom. The van der Waals surface area contributed by atoms with Gasteiger partial charge >= 0.3 is 0 Å². The van der Waals surface area contributed by atoms with Crippen molar-refractivity contribution in [3.8, 4) is 11.3 Å². The lowest BCUT2D eigenvalue weighted by Gasteiger charge is -2.34. The molecule has 1 saturated carbocycles. The smallest absolute Gasteiger partial charge is 0.273 e. The second kappa shape index (κ2) is 7.84. The van der Waals surface area contributed by atoms with Crippen LogP contribution in [0.25, 0.3) is 11.3 Å². The number of benzene rings is 1. The zero-order chi connectivity index (χ0) is 23.3. The fourth-order valence-corrected chi connectivity index (χ4v) is 4.04. The molecule has 2 aromatic heterocycles. The van der Waals surface area contributed by atoms with E-state index in [1.807, 2.05) is 32.3 Å². The number of fused-ring (bicyclic) bond motifs is 3. The number of aromatic nitrogens is 5. The molecule has 0 radical (unpaired) electrons. The normalized spacial score (nSPS) is 16.6. The number of para-hydroxylation sites is 1. The maximum Gasteiger partial charge on any atom is 0.273 e. The minimum absolute atomic E-state index is 0.00603. The molecule has 11 heteroatoms. The van der Waals surface area contributed by atoms with Crippen LogP contribution in [0, 0.1) is 5.92 Å². The van der Waals surface area contributed by atoms with Crippen LogP contribution in [0.2, 0.25) is 0 Å². The van der Waals surface area contributed by atoms with E-state index in [0.717, 1.165) is 41.2 Å². The summed E-state index contributed by atoms with van der Waals surface area (Å²) in [5.41, 5.74) is 4.96. The number of rotatable bonds is 5. The molecule has 1 aliphatic heterocycles. The van der Waals surface area contributed by atoms with E-state index in [9.17, 15) is 9.59 Å². The van der Waals surface area contributed by atoms with Gasteiger partial charge in [-0.1, -0.05) is 12.1 Å². The van der Waals surface area contributed by atoms with Crippen LogP contribution in [0.15, 0.2) is 24.3 Å². The zero-order valence-electron chi connectivity index (χ0n) is 18.9. The fourth-order valence-electron chi connectivity index (χ4n) is 4.04. The van der Waals surface area contributed by atoms with E-state index < -0.39 is 0 Å². The second-order valence-electron chi connectivity index (χ2n) is 8.37. The van der Waals surface area contributed by atoms with Gasteiger partial charge in [-0.3, -0.25) is 9.59 Å². The highest BCUT2D eigenvalue weighted by Gasteiger charge is 2.33. The molecule has 170 valence electrons. The molecule has 33 heavy (non-hydrogen) atoms. The van der Waals surface area contributed by atoms with Gasteiger partial charge < -0.3 is 20.9 Å². The lowest BCUT2D eigenvalue weighted by atomic mass is 9.96. The van der Waals surface area contributed by atoms with Crippen molar-refractivity contribution < 1.29 is 9.59 Å². The molecule has 2 amide bonds. The number of carbonyl (C=O) groups is 2. The van der Waals surface area contributed by atoms with Crippen LogP contribution in [0.3, 0.4) is 0 Å². The molecule has 0 saturated heterocycles. The highest BCUT2D eigenvalue weighted by molar-refractivity contribution is 6.01. The molecule has 5 rings (SSSR count). The Morgan fingerprint density at radius 1 is 1.09 bits per heavy atom. The van der Waals surface area contributed by atoms with Crippen molar-refractivity contribution in [1.82, 2.24) is 30.5 Å². The lowest BCUT2D eigenvalue weighted by Crippen LogP contribution is -2.27. The topological polar surface area (TPSA) is 130 Å². The van der Waals surface area contributed by atoms with E-state index in [1.54, 1.807) is 10.9 Å². The highest BCUT2D eigenvalue weighted by atomic mass is 16.2. The highest BCUT2D eigenvalue weighted by Crippen LogP contribution is 2.46. The monoisotopic (exact) mass is 447 g/mol. The van der Waals surface area contributed by atoms with Gasteiger partial charge in [-0.25, -0.2) is 0 Å². The molecule has 0 spiro atoms. The predicted molar refractivity (Wildman–Crippen MR) is 123 cm³/mol. The Hall–Kier alpha value is -4.02. The van der Waals surface area contributed by atoms with Crippen LogP contribution in [-0.2, 0) is 11.8 Å². The summed E-state index contributed by atoms with van der Waals surface area (Å²) in [7, 11) is 5.34. The maximum absolute atomic E-state index is 12.5. The summed E-state index contributed by atoms with van der Waals surface area (Å²) in [4.78, 5) is 28.4. The number of anilines is 4. The molecule has 3 aromatic rings. The largest absolute Gasteiger partial charge is 0.364 e. The summed E-state index contributed by atoms with van der Waals surface area (Å²) in [6.45, 7) is 2.07. The van der Waals surface area contributed by atoms with Gasteiger partial charge in [0.25, 0.3) is 5.91 Å². The summed E-state index contributed by atoms with van der Waals surface area (Å²) in [6.07, 6.45) is 1.76. The van der Waals surface area contributed by atoms with Gasteiger partial charge in [-0.2, -0.15) is 15.0 Å². The molecule has 1 aromatic carbocycles. The quantitative estimate of drug-likeness (QED) is 0.543. The molecule has 0 bridgehead atoms. The average Bonchev–Trinajstić information content (AvgIpc) is 3.58. The number of amides is 2. The summed E-state index contributed by atoms with van der Waals surface area (Å²) < 4.78 is 0. The minimum Gasteiger partial charge on any atom is -0.364 e.